The predicted molar refractivity (Wildman–Crippen MR) is 148 cm³/mol. The van der Waals surface area contributed by atoms with Gasteiger partial charge >= 0.3 is 6.18 Å². The van der Waals surface area contributed by atoms with E-state index < -0.39 is 57.9 Å². The summed E-state index contributed by atoms with van der Waals surface area (Å²) in [5.41, 5.74) is -4.75. The smallest absolute Gasteiger partial charge is 0.346 e. The van der Waals surface area contributed by atoms with Gasteiger partial charge in [-0.3, -0.25) is 14.4 Å². The van der Waals surface area contributed by atoms with Crippen LogP contribution in [0.2, 0.25) is 0 Å². The molecule has 0 radical (unpaired) electrons. The van der Waals surface area contributed by atoms with E-state index in [1.54, 1.807) is 0 Å². The number of Topliss-reactive ketones (excluding diaryl/α,β-unsaturated/α-hetero) is 2. The summed E-state index contributed by atoms with van der Waals surface area (Å²) in [6.45, 7) is 13.3. The molecule has 0 aromatic rings. The number of epoxide rings is 1. The molecule has 10 atom stereocenters. The Balaban J connectivity index is 1.42. The average Bonchev–Trinajstić information content (AvgIpc) is 3.64. The topological polar surface area (TPSA) is 99.6 Å². The number of alkyl halides is 3. The second-order valence-electron chi connectivity index (χ2n) is 16.8. The standard InChI is InChI=1S/C33H45F3N2O4/c1-26(2)10-12-31(25(41)38-17-33(34,35)36)13-11-29(6)22(18(31)15-26)19(39)14-21-28(29,5)9-8-20-27(3,4)23(40)32(16-37)24(42-32)30(20,21)7/h18,20-22,24H,8-15,17H2,1-7H3,(H,38,41)/t18?,20-,21-,22?,24+,28+,29+,30-,31-,32-/m0/s1. The van der Waals surface area contributed by atoms with Crippen molar-refractivity contribution in [2.24, 2.45) is 56.2 Å². The van der Waals surface area contributed by atoms with Gasteiger partial charge in [-0.15, -0.1) is 0 Å². The molecule has 42 heavy (non-hydrogen) atoms. The SMILES string of the molecule is CC1(C)CC[C@]2(C(=O)NCC(F)(F)F)CC[C@]3(C)C(C(=O)C[C@@H]4[C@@]5(C)[C@H]6O[C@@]6(C#N)C(=O)C(C)(C)[C@@H]5CC[C@]43C)C2C1. The molecule has 2 unspecified atom stereocenters. The van der Waals surface area contributed by atoms with Crippen LogP contribution in [0.25, 0.3) is 0 Å². The van der Waals surface area contributed by atoms with Gasteiger partial charge in [-0.25, -0.2) is 0 Å². The van der Waals surface area contributed by atoms with Crippen molar-refractivity contribution in [3.8, 4) is 6.07 Å². The minimum absolute atomic E-state index is 0.0399. The fourth-order valence-electron chi connectivity index (χ4n) is 11.9. The van der Waals surface area contributed by atoms with Crippen molar-refractivity contribution in [3.63, 3.8) is 0 Å². The highest BCUT2D eigenvalue weighted by Gasteiger charge is 2.84. The van der Waals surface area contributed by atoms with Crippen molar-refractivity contribution in [2.45, 2.75) is 118 Å². The van der Waals surface area contributed by atoms with Crippen LogP contribution in [-0.2, 0) is 19.1 Å². The van der Waals surface area contributed by atoms with E-state index in [0.717, 1.165) is 19.3 Å². The first-order valence-corrected chi connectivity index (χ1v) is 15.7. The molecule has 6 aliphatic rings. The maximum Gasteiger partial charge on any atom is 0.405 e. The lowest BCUT2D eigenvalue weighted by Crippen LogP contribution is -2.71. The van der Waals surface area contributed by atoms with E-state index in [1.165, 1.54) is 0 Å². The number of nitrogens with one attached hydrogen (secondary N) is 1. The van der Waals surface area contributed by atoms with Gasteiger partial charge in [-0.2, -0.15) is 18.4 Å². The van der Waals surface area contributed by atoms with E-state index in [9.17, 15) is 32.8 Å². The minimum Gasteiger partial charge on any atom is -0.346 e. The third kappa shape index (κ3) is 3.51. The van der Waals surface area contributed by atoms with Gasteiger partial charge in [0.2, 0.25) is 11.5 Å². The summed E-state index contributed by atoms with van der Waals surface area (Å²) in [5.74, 6) is -1.58. The molecule has 0 spiro atoms. The van der Waals surface area contributed by atoms with Crippen LogP contribution in [0.4, 0.5) is 13.2 Å². The van der Waals surface area contributed by atoms with E-state index in [4.69, 9.17) is 4.74 Å². The third-order valence-electron chi connectivity index (χ3n) is 14.2. The number of nitriles is 1. The van der Waals surface area contributed by atoms with Gasteiger partial charge in [-0.1, -0.05) is 48.5 Å². The molecule has 1 amide bonds. The second-order valence-corrected chi connectivity index (χ2v) is 16.8. The molecule has 6 rings (SSSR count). The molecule has 5 saturated carbocycles. The fraction of sp³-hybridized carbons (Fsp3) is 0.879. The van der Waals surface area contributed by atoms with E-state index >= 15 is 0 Å². The Morgan fingerprint density at radius 3 is 2.24 bits per heavy atom. The Morgan fingerprint density at radius 2 is 1.62 bits per heavy atom. The summed E-state index contributed by atoms with van der Waals surface area (Å²) in [6.07, 6.45) is -0.371. The molecule has 6 nitrogen and oxygen atoms in total. The van der Waals surface area contributed by atoms with Gasteiger partial charge in [0.15, 0.2) is 5.78 Å². The maximum absolute atomic E-state index is 14.6. The van der Waals surface area contributed by atoms with E-state index in [2.05, 4.69) is 46.0 Å². The summed E-state index contributed by atoms with van der Waals surface area (Å²) >= 11 is 0. The van der Waals surface area contributed by atoms with Gasteiger partial charge in [0.1, 0.15) is 24.5 Å². The van der Waals surface area contributed by atoms with Crippen molar-refractivity contribution >= 4 is 17.5 Å². The summed E-state index contributed by atoms with van der Waals surface area (Å²) in [7, 11) is 0. The van der Waals surface area contributed by atoms with Crippen molar-refractivity contribution < 1.29 is 32.3 Å². The molecule has 1 saturated heterocycles. The van der Waals surface area contributed by atoms with Crippen molar-refractivity contribution in [2.75, 3.05) is 6.54 Å². The predicted octanol–water partition coefficient (Wildman–Crippen LogP) is 6.18. The first kappa shape index (κ1) is 30.1. The Bertz CT molecular complexity index is 1300. The van der Waals surface area contributed by atoms with Gasteiger partial charge in [0.25, 0.3) is 0 Å². The van der Waals surface area contributed by atoms with Crippen molar-refractivity contribution in [3.05, 3.63) is 0 Å². The van der Waals surface area contributed by atoms with E-state index in [0.29, 0.717) is 25.7 Å². The Kier molecular flexibility index (Phi) is 6.02. The lowest BCUT2D eigenvalue weighted by atomic mass is 9.31. The highest BCUT2D eigenvalue weighted by molar-refractivity contribution is 6.00. The highest BCUT2D eigenvalue weighted by Crippen LogP contribution is 2.78. The van der Waals surface area contributed by atoms with Crippen LogP contribution in [0.3, 0.4) is 0 Å². The molecular weight excluding hydrogens is 545 g/mol. The zero-order valence-electron chi connectivity index (χ0n) is 26.0. The number of ketones is 2. The van der Waals surface area contributed by atoms with Crippen molar-refractivity contribution in [1.82, 2.24) is 5.32 Å². The summed E-state index contributed by atoms with van der Waals surface area (Å²) in [5, 5.41) is 12.4. The van der Waals surface area contributed by atoms with Crippen LogP contribution in [0.1, 0.15) is 99.8 Å². The van der Waals surface area contributed by atoms with Gasteiger partial charge in [0.05, 0.1) is 5.41 Å². The largest absolute Gasteiger partial charge is 0.405 e. The van der Waals surface area contributed by atoms with Crippen LogP contribution in [0.15, 0.2) is 0 Å². The number of hydrogen-bond donors (Lipinski definition) is 1. The summed E-state index contributed by atoms with van der Waals surface area (Å²) in [4.78, 5) is 41.9. The molecule has 0 bridgehead atoms. The summed E-state index contributed by atoms with van der Waals surface area (Å²) in [6, 6.07) is 2.21. The lowest BCUT2D eigenvalue weighted by molar-refractivity contribution is -0.233. The molecule has 6 fully saturated rings. The Morgan fingerprint density at radius 1 is 0.976 bits per heavy atom. The number of nitrogens with zero attached hydrogens (tertiary/aromatic N) is 1. The fourth-order valence-corrected chi connectivity index (χ4v) is 11.9. The quantitative estimate of drug-likeness (QED) is 0.388. The molecule has 232 valence electrons. The van der Waals surface area contributed by atoms with Crippen LogP contribution in [0, 0.1) is 67.5 Å². The average molecular weight is 591 g/mol. The number of carbonyl (C=O) groups excluding carboxylic acids is 3. The number of rotatable bonds is 2. The normalized spacial score (nSPS) is 50.2. The highest BCUT2D eigenvalue weighted by atomic mass is 19.4. The van der Waals surface area contributed by atoms with Crippen molar-refractivity contribution in [1.29, 1.82) is 5.26 Å². The molecule has 1 N–H and O–H groups in total. The van der Waals surface area contributed by atoms with Crippen LogP contribution < -0.4 is 5.32 Å². The van der Waals surface area contributed by atoms with E-state index in [-0.39, 0.29) is 46.6 Å². The first-order valence-electron chi connectivity index (χ1n) is 15.7. The van der Waals surface area contributed by atoms with Gasteiger partial charge in [0, 0.05) is 23.2 Å². The molecular formula is C33H45F3N2O4. The molecule has 1 aliphatic heterocycles. The Labute approximate surface area is 246 Å². The lowest BCUT2D eigenvalue weighted by Gasteiger charge is -2.72. The molecule has 9 heteroatoms. The summed E-state index contributed by atoms with van der Waals surface area (Å²) < 4.78 is 45.6. The number of fused-ring (bicyclic) bond motifs is 9. The number of carbonyl (C=O) groups is 3. The van der Waals surface area contributed by atoms with Gasteiger partial charge < -0.3 is 10.1 Å². The molecule has 1 heterocycles. The van der Waals surface area contributed by atoms with Crippen LogP contribution in [-0.4, -0.2) is 41.9 Å². The number of hydrogen-bond acceptors (Lipinski definition) is 5. The first-order chi connectivity index (χ1) is 19.2. The molecule has 5 aliphatic carbocycles. The zero-order valence-corrected chi connectivity index (χ0v) is 26.0. The van der Waals surface area contributed by atoms with Crippen LogP contribution in [0.5, 0.6) is 0 Å². The number of amides is 1. The van der Waals surface area contributed by atoms with E-state index in [1.807, 2.05) is 13.8 Å². The van der Waals surface area contributed by atoms with Crippen LogP contribution >= 0.6 is 0 Å². The number of halogens is 3. The molecule has 0 aromatic carbocycles. The zero-order chi connectivity index (χ0) is 31.1. The monoisotopic (exact) mass is 590 g/mol. The third-order valence-corrected chi connectivity index (χ3v) is 14.2. The second kappa shape index (κ2) is 8.40. The minimum atomic E-state index is -4.51. The van der Waals surface area contributed by atoms with Gasteiger partial charge in [-0.05, 0) is 78.9 Å². The molecule has 0 aromatic heterocycles. The number of ether oxygens (including phenoxy) is 1. The Hall–Kier alpha value is -1.95. The maximum atomic E-state index is 14.6.